The highest BCUT2D eigenvalue weighted by molar-refractivity contribution is 5.88. The van der Waals surface area contributed by atoms with Gasteiger partial charge < -0.3 is 4.74 Å². The quantitative estimate of drug-likeness (QED) is 0.736. The van der Waals surface area contributed by atoms with Gasteiger partial charge in [-0.3, -0.25) is 4.68 Å². The number of aryl methyl sites for hydroxylation is 2. The van der Waals surface area contributed by atoms with Crippen LogP contribution in [0.15, 0.2) is 24.5 Å². The number of hydrogen-bond donors (Lipinski definition) is 0. The minimum absolute atomic E-state index is 0.316. The fourth-order valence-corrected chi connectivity index (χ4v) is 1.68. The van der Waals surface area contributed by atoms with E-state index in [1.54, 1.807) is 23.1 Å². The number of nitrogens with zero attached hydrogens (tertiary/aromatic N) is 3. The molecule has 5 nitrogen and oxygen atoms in total. The van der Waals surface area contributed by atoms with E-state index in [2.05, 4.69) is 14.8 Å². The number of rotatable bonds is 2. The molecule has 0 unspecified atom stereocenters. The summed E-state index contributed by atoms with van der Waals surface area (Å²) in [6, 6.07) is 3.62. The maximum Gasteiger partial charge on any atom is 0.356 e. The van der Waals surface area contributed by atoms with Crippen molar-refractivity contribution in [1.82, 2.24) is 14.8 Å². The van der Waals surface area contributed by atoms with Crippen molar-refractivity contribution in [1.29, 1.82) is 0 Å². The lowest BCUT2D eigenvalue weighted by atomic mass is 10.1. The molecule has 0 N–H and O–H groups in total. The summed E-state index contributed by atoms with van der Waals surface area (Å²) < 4.78 is 6.39. The van der Waals surface area contributed by atoms with Crippen LogP contribution in [0.25, 0.3) is 11.3 Å². The van der Waals surface area contributed by atoms with Crippen molar-refractivity contribution in [2.45, 2.75) is 6.92 Å². The largest absolute Gasteiger partial charge is 0.464 e. The van der Waals surface area contributed by atoms with Crippen molar-refractivity contribution >= 4 is 5.97 Å². The Morgan fingerprint density at radius 3 is 2.76 bits per heavy atom. The van der Waals surface area contributed by atoms with E-state index in [0.29, 0.717) is 5.69 Å². The predicted octanol–water partition coefficient (Wildman–Crippen LogP) is 1.58. The van der Waals surface area contributed by atoms with Crippen LogP contribution >= 0.6 is 0 Å². The molecule has 0 radical (unpaired) electrons. The number of carbonyl (C=O) groups excluding carboxylic acids is 1. The molecule has 0 atom stereocenters. The average Bonchev–Trinajstić information content (AvgIpc) is 2.74. The number of aromatic nitrogens is 3. The van der Waals surface area contributed by atoms with Crippen molar-refractivity contribution in [2.24, 2.45) is 7.05 Å². The van der Waals surface area contributed by atoms with Crippen LogP contribution in [0, 0.1) is 6.92 Å². The minimum atomic E-state index is -0.426. The van der Waals surface area contributed by atoms with E-state index in [1.165, 1.54) is 7.11 Å². The fourth-order valence-electron chi connectivity index (χ4n) is 1.68. The standard InChI is InChI=1S/C12H13N3O2/c1-8-6-10(12(16)17-3)13-7-9(8)11-4-5-14-15(11)2/h4-7H,1-3H3. The van der Waals surface area contributed by atoms with E-state index >= 15 is 0 Å². The van der Waals surface area contributed by atoms with Gasteiger partial charge in [0.1, 0.15) is 5.69 Å². The Labute approximate surface area is 99.1 Å². The number of carbonyl (C=O) groups is 1. The summed E-state index contributed by atoms with van der Waals surface area (Å²) in [5.74, 6) is -0.426. The van der Waals surface area contributed by atoms with Crippen molar-refractivity contribution in [2.75, 3.05) is 7.11 Å². The van der Waals surface area contributed by atoms with Gasteiger partial charge in [-0.05, 0) is 24.6 Å². The van der Waals surface area contributed by atoms with Gasteiger partial charge in [-0.1, -0.05) is 0 Å². The lowest BCUT2D eigenvalue weighted by Gasteiger charge is -2.07. The van der Waals surface area contributed by atoms with Crippen LogP contribution in [0.2, 0.25) is 0 Å². The zero-order chi connectivity index (χ0) is 12.4. The van der Waals surface area contributed by atoms with Gasteiger partial charge in [-0.25, -0.2) is 9.78 Å². The molecule has 0 spiro atoms. The highest BCUT2D eigenvalue weighted by Crippen LogP contribution is 2.22. The van der Waals surface area contributed by atoms with Gasteiger partial charge in [0.25, 0.3) is 0 Å². The Morgan fingerprint density at radius 1 is 1.47 bits per heavy atom. The molecule has 0 amide bonds. The second-order valence-electron chi connectivity index (χ2n) is 3.72. The number of hydrogen-bond acceptors (Lipinski definition) is 4. The van der Waals surface area contributed by atoms with Crippen molar-refractivity contribution in [3.05, 3.63) is 35.8 Å². The first-order chi connectivity index (χ1) is 8.13. The molecule has 88 valence electrons. The SMILES string of the molecule is COC(=O)c1cc(C)c(-c2ccnn2C)cn1. The molecule has 0 saturated carbocycles. The molecule has 0 aliphatic rings. The highest BCUT2D eigenvalue weighted by atomic mass is 16.5. The monoisotopic (exact) mass is 231 g/mol. The van der Waals surface area contributed by atoms with E-state index < -0.39 is 5.97 Å². The van der Waals surface area contributed by atoms with E-state index in [9.17, 15) is 4.79 Å². The molecule has 0 aliphatic carbocycles. The second kappa shape index (κ2) is 4.37. The van der Waals surface area contributed by atoms with E-state index in [4.69, 9.17) is 0 Å². The van der Waals surface area contributed by atoms with E-state index in [0.717, 1.165) is 16.8 Å². The summed E-state index contributed by atoms with van der Waals surface area (Å²) in [5, 5.41) is 4.11. The molecule has 0 aromatic carbocycles. The van der Waals surface area contributed by atoms with Gasteiger partial charge in [-0.15, -0.1) is 0 Å². The molecule has 0 fully saturated rings. The second-order valence-corrected chi connectivity index (χ2v) is 3.72. The maximum atomic E-state index is 11.3. The molecule has 5 heteroatoms. The molecule has 0 aliphatic heterocycles. The lowest BCUT2D eigenvalue weighted by Crippen LogP contribution is -2.05. The lowest BCUT2D eigenvalue weighted by molar-refractivity contribution is 0.0594. The van der Waals surface area contributed by atoms with E-state index in [1.807, 2.05) is 20.0 Å². The van der Waals surface area contributed by atoms with Crippen LogP contribution < -0.4 is 0 Å². The van der Waals surface area contributed by atoms with Gasteiger partial charge in [-0.2, -0.15) is 5.10 Å². The van der Waals surface area contributed by atoms with Crippen molar-refractivity contribution in [3.63, 3.8) is 0 Å². The molecule has 2 heterocycles. The van der Waals surface area contributed by atoms with Gasteiger partial charge in [0.15, 0.2) is 0 Å². The normalized spacial score (nSPS) is 10.3. The van der Waals surface area contributed by atoms with Crippen LogP contribution in [-0.4, -0.2) is 27.8 Å². The zero-order valence-corrected chi connectivity index (χ0v) is 9.97. The highest BCUT2D eigenvalue weighted by Gasteiger charge is 2.11. The first kappa shape index (κ1) is 11.3. The number of methoxy groups -OCH3 is 1. The van der Waals surface area contributed by atoms with Crippen LogP contribution in [0.1, 0.15) is 16.1 Å². The molecular weight excluding hydrogens is 218 g/mol. The fraction of sp³-hybridized carbons (Fsp3) is 0.250. The van der Waals surface area contributed by atoms with Gasteiger partial charge in [0.2, 0.25) is 0 Å². The van der Waals surface area contributed by atoms with Crippen LogP contribution in [0.4, 0.5) is 0 Å². The van der Waals surface area contributed by atoms with Gasteiger partial charge >= 0.3 is 5.97 Å². The maximum absolute atomic E-state index is 11.3. The van der Waals surface area contributed by atoms with Crippen LogP contribution in [-0.2, 0) is 11.8 Å². The molecule has 2 aromatic rings. The first-order valence-corrected chi connectivity index (χ1v) is 5.17. The summed E-state index contributed by atoms with van der Waals surface area (Å²) in [6.07, 6.45) is 3.39. The molecule has 0 saturated heterocycles. The number of esters is 1. The molecule has 0 bridgehead atoms. The topological polar surface area (TPSA) is 57.0 Å². The predicted molar refractivity (Wildman–Crippen MR) is 62.5 cm³/mol. The molecule has 2 rings (SSSR count). The third kappa shape index (κ3) is 2.04. The first-order valence-electron chi connectivity index (χ1n) is 5.17. The Morgan fingerprint density at radius 2 is 2.24 bits per heavy atom. The number of pyridine rings is 1. The third-order valence-corrected chi connectivity index (χ3v) is 2.60. The minimum Gasteiger partial charge on any atom is -0.464 e. The summed E-state index contributed by atoms with van der Waals surface area (Å²) in [7, 11) is 3.21. The summed E-state index contributed by atoms with van der Waals surface area (Å²) in [5.41, 5.74) is 3.20. The third-order valence-electron chi connectivity index (χ3n) is 2.60. The molecule has 17 heavy (non-hydrogen) atoms. The average molecular weight is 231 g/mol. The van der Waals surface area contributed by atoms with Gasteiger partial charge in [0, 0.05) is 25.0 Å². The summed E-state index contributed by atoms with van der Waals surface area (Å²) in [4.78, 5) is 15.4. The van der Waals surface area contributed by atoms with E-state index in [-0.39, 0.29) is 0 Å². The van der Waals surface area contributed by atoms with Gasteiger partial charge in [0.05, 0.1) is 12.8 Å². The van der Waals surface area contributed by atoms with Crippen LogP contribution in [0.3, 0.4) is 0 Å². The Bertz CT molecular complexity index is 561. The smallest absolute Gasteiger partial charge is 0.356 e. The summed E-state index contributed by atoms with van der Waals surface area (Å²) in [6.45, 7) is 1.93. The molecule has 2 aromatic heterocycles. The molecular formula is C12H13N3O2. The Balaban J connectivity index is 2.46. The Kier molecular flexibility index (Phi) is 2.91. The summed E-state index contributed by atoms with van der Waals surface area (Å²) >= 11 is 0. The Hall–Kier alpha value is -2.17. The van der Waals surface area contributed by atoms with Crippen LogP contribution in [0.5, 0.6) is 0 Å². The van der Waals surface area contributed by atoms with Crippen molar-refractivity contribution < 1.29 is 9.53 Å². The zero-order valence-electron chi connectivity index (χ0n) is 9.97. The number of ether oxygens (including phenoxy) is 1. The van der Waals surface area contributed by atoms with Crippen molar-refractivity contribution in [3.8, 4) is 11.3 Å².